The molecule has 1 aromatic rings. The molecule has 0 saturated carbocycles. The highest BCUT2D eigenvalue weighted by molar-refractivity contribution is 5.45. The van der Waals surface area contributed by atoms with Crippen LogP contribution >= 0.6 is 0 Å². The molecular weight excluding hydrogens is 260 g/mol. The largest absolute Gasteiger partial charge is 0.493 e. The fourth-order valence-corrected chi connectivity index (χ4v) is 3.61. The third kappa shape index (κ3) is 3.09. The number of para-hydroxylation sites is 1. The van der Waals surface area contributed by atoms with E-state index >= 15 is 0 Å². The van der Waals surface area contributed by atoms with Gasteiger partial charge in [0.05, 0.1) is 6.61 Å². The van der Waals surface area contributed by atoms with Crippen molar-refractivity contribution in [2.45, 2.75) is 39.2 Å². The lowest BCUT2D eigenvalue weighted by Crippen LogP contribution is -2.43. The van der Waals surface area contributed by atoms with Crippen molar-refractivity contribution in [3.8, 4) is 5.75 Å². The number of hydrogen-bond donors (Lipinski definition) is 1. The van der Waals surface area contributed by atoms with Crippen LogP contribution in [0.4, 0.5) is 0 Å². The van der Waals surface area contributed by atoms with Crippen LogP contribution in [0.25, 0.3) is 0 Å². The van der Waals surface area contributed by atoms with Crippen molar-refractivity contribution in [1.29, 1.82) is 0 Å². The average molecular weight is 288 g/mol. The van der Waals surface area contributed by atoms with Crippen LogP contribution in [0.5, 0.6) is 5.75 Å². The molecule has 3 nitrogen and oxygen atoms in total. The van der Waals surface area contributed by atoms with Gasteiger partial charge in [-0.15, -0.1) is 0 Å². The van der Waals surface area contributed by atoms with E-state index in [0.29, 0.717) is 5.92 Å². The van der Waals surface area contributed by atoms with Gasteiger partial charge in [-0.1, -0.05) is 32.0 Å². The van der Waals surface area contributed by atoms with Crippen LogP contribution in [-0.2, 0) is 6.42 Å². The highest BCUT2D eigenvalue weighted by atomic mass is 16.5. The molecule has 2 N–H and O–H groups in total. The third-order valence-corrected chi connectivity index (χ3v) is 5.19. The third-order valence-electron chi connectivity index (χ3n) is 5.19. The lowest BCUT2D eigenvalue weighted by Gasteiger charge is -2.38. The van der Waals surface area contributed by atoms with Gasteiger partial charge in [0.25, 0.3) is 0 Å². The van der Waals surface area contributed by atoms with Crippen molar-refractivity contribution in [3.05, 3.63) is 29.3 Å². The molecule has 0 radical (unpaired) electrons. The number of rotatable bonds is 3. The summed E-state index contributed by atoms with van der Waals surface area (Å²) >= 11 is 0. The van der Waals surface area contributed by atoms with E-state index in [0.717, 1.165) is 31.2 Å². The summed E-state index contributed by atoms with van der Waals surface area (Å²) in [5, 5.41) is 0. The first-order chi connectivity index (χ1) is 10.2. The van der Waals surface area contributed by atoms with Crippen molar-refractivity contribution in [1.82, 2.24) is 4.90 Å². The van der Waals surface area contributed by atoms with Gasteiger partial charge in [0, 0.05) is 24.1 Å². The van der Waals surface area contributed by atoms with Gasteiger partial charge in [-0.25, -0.2) is 0 Å². The molecule has 0 spiro atoms. The molecule has 116 valence electrons. The lowest BCUT2D eigenvalue weighted by molar-refractivity contribution is 0.113. The molecule has 1 aromatic carbocycles. The Balaban J connectivity index is 1.69. The second kappa shape index (κ2) is 6.37. The summed E-state index contributed by atoms with van der Waals surface area (Å²) in [6, 6.07) is 6.52. The Morgan fingerprint density at radius 1 is 1.29 bits per heavy atom. The summed E-state index contributed by atoms with van der Waals surface area (Å²) in [7, 11) is 0. The molecule has 0 aromatic heterocycles. The van der Waals surface area contributed by atoms with Crippen LogP contribution in [0.2, 0.25) is 0 Å². The SMILES string of the molecule is CCc1cccc2c1OCC(CN1CCC(C)CC1)C2N. The van der Waals surface area contributed by atoms with E-state index in [1.165, 1.54) is 37.1 Å². The van der Waals surface area contributed by atoms with E-state index in [-0.39, 0.29) is 6.04 Å². The van der Waals surface area contributed by atoms with Crippen molar-refractivity contribution in [3.63, 3.8) is 0 Å². The van der Waals surface area contributed by atoms with Crippen LogP contribution in [0, 0.1) is 11.8 Å². The van der Waals surface area contributed by atoms with Crippen LogP contribution in [0.3, 0.4) is 0 Å². The first-order valence-electron chi connectivity index (χ1n) is 8.41. The Hall–Kier alpha value is -1.06. The van der Waals surface area contributed by atoms with E-state index in [1.807, 2.05) is 0 Å². The number of fused-ring (bicyclic) bond motifs is 1. The lowest BCUT2D eigenvalue weighted by atomic mass is 9.88. The van der Waals surface area contributed by atoms with Gasteiger partial charge in [-0.3, -0.25) is 0 Å². The number of nitrogens with two attached hydrogens (primary N) is 1. The smallest absolute Gasteiger partial charge is 0.127 e. The van der Waals surface area contributed by atoms with E-state index in [4.69, 9.17) is 10.5 Å². The maximum Gasteiger partial charge on any atom is 0.127 e. The zero-order valence-electron chi connectivity index (χ0n) is 13.3. The molecule has 0 amide bonds. The van der Waals surface area contributed by atoms with Crippen molar-refractivity contribution >= 4 is 0 Å². The van der Waals surface area contributed by atoms with Crippen molar-refractivity contribution in [2.75, 3.05) is 26.2 Å². The molecule has 0 aliphatic carbocycles. The standard InChI is InChI=1S/C18H28N2O/c1-3-14-5-4-6-16-17(19)15(12-21-18(14)16)11-20-9-7-13(2)8-10-20/h4-6,13,15,17H,3,7-12,19H2,1-2H3. The molecule has 2 atom stereocenters. The zero-order chi connectivity index (χ0) is 14.8. The predicted octanol–water partition coefficient (Wildman–Crippen LogP) is 2.99. The Kier molecular flexibility index (Phi) is 4.51. The summed E-state index contributed by atoms with van der Waals surface area (Å²) in [6.45, 7) is 8.79. The fraction of sp³-hybridized carbons (Fsp3) is 0.667. The molecule has 2 aliphatic heterocycles. The van der Waals surface area contributed by atoms with Crippen LogP contribution in [0.15, 0.2) is 18.2 Å². The quantitative estimate of drug-likeness (QED) is 0.929. The van der Waals surface area contributed by atoms with Gasteiger partial charge in [-0.2, -0.15) is 0 Å². The Labute approximate surface area is 128 Å². The Morgan fingerprint density at radius 3 is 2.76 bits per heavy atom. The molecule has 3 rings (SSSR count). The Morgan fingerprint density at radius 2 is 2.05 bits per heavy atom. The summed E-state index contributed by atoms with van der Waals surface area (Å²) < 4.78 is 6.08. The number of nitrogens with zero attached hydrogens (tertiary/aromatic N) is 1. The summed E-state index contributed by atoms with van der Waals surface area (Å²) in [6.07, 6.45) is 3.64. The second-order valence-electron chi connectivity index (χ2n) is 6.77. The molecule has 2 heterocycles. The number of benzene rings is 1. The molecule has 2 unspecified atom stereocenters. The van der Waals surface area contributed by atoms with E-state index < -0.39 is 0 Å². The summed E-state index contributed by atoms with van der Waals surface area (Å²) in [5.74, 6) is 2.35. The first-order valence-corrected chi connectivity index (χ1v) is 8.41. The summed E-state index contributed by atoms with van der Waals surface area (Å²) in [4.78, 5) is 2.57. The normalized spacial score (nSPS) is 27.2. The second-order valence-corrected chi connectivity index (χ2v) is 6.77. The molecular formula is C18H28N2O. The monoisotopic (exact) mass is 288 g/mol. The minimum Gasteiger partial charge on any atom is -0.493 e. The van der Waals surface area contributed by atoms with Crippen molar-refractivity contribution in [2.24, 2.45) is 17.6 Å². The number of ether oxygens (including phenoxy) is 1. The first kappa shape index (κ1) is 14.9. The van der Waals surface area contributed by atoms with Crippen LogP contribution in [-0.4, -0.2) is 31.1 Å². The molecule has 2 aliphatic rings. The number of likely N-dealkylation sites (tertiary alicyclic amines) is 1. The fourth-order valence-electron chi connectivity index (χ4n) is 3.61. The van der Waals surface area contributed by atoms with Gasteiger partial charge < -0.3 is 15.4 Å². The number of hydrogen-bond acceptors (Lipinski definition) is 3. The van der Waals surface area contributed by atoms with Gasteiger partial charge in [0.1, 0.15) is 5.75 Å². The number of piperidine rings is 1. The highest BCUT2D eigenvalue weighted by Gasteiger charge is 2.31. The maximum absolute atomic E-state index is 6.55. The topological polar surface area (TPSA) is 38.5 Å². The molecule has 3 heteroatoms. The molecule has 1 fully saturated rings. The number of aryl methyl sites for hydroxylation is 1. The van der Waals surface area contributed by atoms with E-state index in [2.05, 4.69) is 36.9 Å². The minimum absolute atomic E-state index is 0.111. The van der Waals surface area contributed by atoms with Gasteiger partial charge in [0.15, 0.2) is 0 Å². The average Bonchev–Trinajstić information content (AvgIpc) is 2.51. The van der Waals surface area contributed by atoms with Gasteiger partial charge in [-0.05, 0) is 43.8 Å². The van der Waals surface area contributed by atoms with E-state index in [9.17, 15) is 0 Å². The van der Waals surface area contributed by atoms with Crippen molar-refractivity contribution < 1.29 is 4.74 Å². The zero-order valence-corrected chi connectivity index (χ0v) is 13.3. The molecule has 1 saturated heterocycles. The van der Waals surface area contributed by atoms with E-state index in [1.54, 1.807) is 0 Å². The minimum atomic E-state index is 0.111. The highest BCUT2D eigenvalue weighted by Crippen LogP contribution is 2.37. The Bertz CT molecular complexity index is 480. The predicted molar refractivity (Wildman–Crippen MR) is 86.6 cm³/mol. The summed E-state index contributed by atoms with van der Waals surface area (Å²) in [5.41, 5.74) is 9.04. The van der Waals surface area contributed by atoms with Gasteiger partial charge in [0.2, 0.25) is 0 Å². The van der Waals surface area contributed by atoms with Gasteiger partial charge >= 0.3 is 0 Å². The van der Waals surface area contributed by atoms with Crippen LogP contribution < -0.4 is 10.5 Å². The maximum atomic E-state index is 6.55. The molecule has 21 heavy (non-hydrogen) atoms. The van der Waals surface area contributed by atoms with Crippen LogP contribution in [0.1, 0.15) is 43.9 Å². The molecule has 0 bridgehead atoms.